The van der Waals surface area contributed by atoms with E-state index in [0.29, 0.717) is 12.2 Å². The highest BCUT2D eigenvalue weighted by molar-refractivity contribution is 9.10. The van der Waals surface area contributed by atoms with E-state index < -0.39 is 15.9 Å². The van der Waals surface area contributed by atoms with Crippen LogP contribution >= 0.6 is 27.5 Å². The maximum Gasteiger partial charge on any atom is 0.243 e. The molecule has 3 aromatic rings. The lowest BCUT2D eigenvalue weighted by molar-refractivity contribution is -0.116. The van der Waals surface area contributed by atoms with E-state index in [1.54, 1.807) is 0 Å². The van der Waals surface area contributed by atoms with Gasteiger partial charge in [-0.3, -0.25) is 4.79 Å². The number of anilines is 1. The van der Waals surface area contributed by atoms with Gasteiger partial charge in [-0.2, -0.15) is 4.31 Å². The number of rotatable bonds is 11. The monoisotopic (exact) mass is 592 g/mol. The van der Waals surface area contributed by atoms with E-state index in [0.717, 1.165) is 39.7 Å². The number of carbonyl (C=O) groups excluding carboxylic acids is 1. The number of sulfonamides is 1. The van der Waals surface area contributed by atoms with Gasteiger partial charge in [0.05, 0.1) is 23.6 Å². The summed E-state index contributed by atoms with van der Waals surface area (Å²) in [5.74, 6) is -0.0309. The predicted molar refractivity (Wildman–Crippen MR) is 148 cm³/mol. The van der Waals surface area contributed by atoms with Crippen LogP contribution in [0.2, 0.25) is 5.02 Å². The van der Waals surface area contributed by atoms with Gasteiger partial charge in [0.25, 0.3) is 0 Å². The minimum absolute atomic E-state index is 0.00120. The highest BCUT2D eigenvalue weighted by Gasteiger charge is 2.28. The Bertz CT molecular complexity index is 1290. The maximum absolute atomic E-state index is 13.6. The fraction of sp³-hybridized carbons (Fsp3) is 0.296. The van der Waals surface area contributed by atoms with Gasteiger partial charge in [-0.1, -0.05) is 71.7 Å². The Balaban J connectivity index is 1.91. The molecule has 0 aliphatic heterocycles. The average molecular weight is 594 g/mol. The molecule has 9 heteroatoms. The Morgan fingerprint density at radius 3 is 2.22 bits per heavy atom. The van der Waals surface area contributed by atoms with Crippen LogP contribution in [0.4, 0.5) is 5.69 Å². The van der Waals surface area contributed by atoms with Crippen molar-refractivity contribution in [1.29, 1.82) is 0 Å². The number of ether oxygens (including phenoxy) is 1. The van der Waals surface area contributed by atoms with Gasteiger partial charge < -0.3 is 10.1 Å². The van der Waals surface area contributed by atoms with E-state index in [1.807, 2.05) is 56.3 Å². The van der Waals surface area contributed by atoms with Gasteiger partial charge >= 0.3 is 0 Å². The van der Waals surface area contributed by atoms with Gasteiger partial charge in [0.1, 0.15) is 5.75 Å². The second-order valence-corrected chi connectivity index (χ2v) is 11.5. The molecule has 0 saturated heterocycles. The molecule has 0 aliphatic rings. The number of hydrogen-bond acceptors (Lipinski definition) is 4. The summed E-state index contributed by atoms with van der Waals surface area (Å²) in [6.07, 6.45) is 1.90. The minimum Gasteiger partial charge on any atom is -0.495 e. The van der Waals surface area contributed by atoms with Gasteiger partial charge in [0, 0.05) is 16.7 Å². The number of nitrogens with zero attached hydrogens (tertiary/aromatic N) is 1. The fourth-order valence-electron chi connectivity index (χ4n) is 3.92. The standard InChI is InChI=1S/C27H30BrClN2O4S/c1-4-20-15-22(28)16-21(5-2)27(20)30-26(32)18-31(14-13-19-9-7-6-8-10-19)36(33,34)23-11-12-25(35-3)24(29)17-23/h6-12,15-17H,4-5,13-14,18H2,1-3H3,(H,30,32). The van der Waals surface area contributed by atoms with Crippen LogP contribution in [0.15, 0.2) is 70.0 Å². The first-order valence-corrected chi connectivity index (χ1v) is 14.3. The molecule has 0 heterocycles. The molecule has 0 aromatic heterocycles. The zero-order valence-corrected chi connectivity index (χ0v) is 23.7. The second-order valence-electron chi connectivity index (χ2n) is 8.22. The molecular weight excluding hydrogens is 564 g/mol. The van der Waals surface area contributed by atoms with Gasteiger partial charge in [-0.05, 0) is 66.3 Å². The van der Waals surface area contributed by atoms with Crippen LogP contribution in [0.25, 0.3) is 0 Å². The van der Waals surface area contributed by atoms with Crippen molar-refractivity contribution >= 4 is 49.1 Å². The summed E-state index contributed by atoms with van der Waals surface area (Å²) in [7, 11) is -2.56. The lowest BCUT2D eigenvalue weighted by Gasteiger charge is -2.23. The number of halogens is 2. The van der Waals surface area contributed by atoms with Crippen LogP contribution in [0.3, 0.4) is 0 Å². The molecule has 0 atom stereocenters. The van der Waals surface area contributed by atoms with Crippen molar-refractivity contribution in [2.45, 2.75) is 38.0 Å². The third-order valence-electron chi connectivity index (χ3n) is 5.87. The third kappa shape index (κ3) is 6.88. The number of hydrogen-bond donors (Lipinski definition) is 1. The highest BCUT2D eigenvalue weighted by atomic mass is 79.9. The van der Waals surface area contributed by atoms with Crippen molar-refractivity contribution < 1.29 is 17.9 Å². The first-order valence-electron chi connectivity index (χ1n) is 11.7. The molecule has 0 radical (unpaired) electrons. The zero-order valence-electron chi connectivity index (χ0n) is 20.6. The topological polar surface area (TPSA) is 75.7 Å². The maximum atomic E-state index is 13.6. The Morgan fingerprint density at radius 2 is 1.67 bits per heavy atom. The molecule has 3 aromatic carbocycles. The lowest BCUT2D eigenvalue weighted by Crippen LogP contribution is -2.39. The number of aryl methyl sites for hydroxylation is 2. The SMILES string of the molecule is CCc1cc(Br)cc(CC)c1NC(=O)CN(CCc1ccccc1)S(=O)(=O)c1ccc(OC)c(Cl)c1. The predicted octanol–water partition coefficient (Wildman–Crippen LogP) is 6.11. The van der Waals surface area contributed by atoms with Crippen LogP contribution in [0.5, 0.6) is 5.75 Å². The van der Waals surface area contributed by atoms with E-state index in [4.69, 9.17) is 16.3 Å². The normalized spacial score (nSPS) is 11.5. The molecule has 36 heavy (non-hydrogen) atoms. The summed E-state index contributed by atoms with van der Waals surface area (Å²) in [4.78, 5) is 13.2. The summed E-state index contributed by atoms with van der Waals surface area (Å²) < 4.78 is 34.5. The Hall–Kier alpha value is -2.39. The van der Waals surface area contributed by atoms with Crippen LogP contribution in [0.1, 0.15) is 30.5 Å². The molecule has 0 bridgehead atoms. The van der Waals surface area contributed by atoms with Crippen LogP contribution in [-0.4, -0.2) is 38.8 Å². The summed E-state index contributed by atoms with van der Waals surface area (Å²) in [6, 6.07) is 17.8. The molecule has 0 spiro atoms. The molecular formula is C27H30BrClN2O4S. The fourth-order valence-corrected chi connectivity index (χ4v) is 6.22. The van der Waals surface area contributed by atoms with Crippen LogP contribution in [-0.2, 0) is 34.1 Å². The first-order chi connectivity index (χ1) is 17.2. The van der Waals surface area contributed by atoms with E-state index in [2.05, 4.69) is 21.2 Å². The summed E-state index contributed by atoms with van der Waals surface area (Å²) >= 11 is 9.74. The van der Waals surface area contributed by atoms with Crippen molar-refractivity contribution in [3.05, 3.63) is 86.8 Å². The number of benzene rings is 3. The molecule has 0 fully saturated rings. The van der Waals surface area contributed by atoms with Crippen molar-refractivity contribution in [3.63, 3.8) is 0 Å². The summed E-state index contributed by atoms with van der Waals surface area (Å²) in [6.45, 7) is 3.83. The summed E-state index contributed by atoms with van der Waals surface area (Å²) in [5, 5.41) is 3.16. The van der Waals surface area contributed by atoms with E-state index in [9.17, 15) is 13.2 Å². The van der Waals surface area contributed by atoms with Gasteiger partial charge in [-0.25, -0.2) is 8.42 Å². The van der Waals surface area contributed by atoms with E-state index >= 15 is 0 Å². The Labute approximate surface area is 226 Å². The van der Waals surface area contributed by atoms with Crippen molar-refractivity contribution in [3.8, 4) is 5.75 Å². The number of carbonyl (C=O) groups is 1. The second kappa shape index (κ2) is 12.7. The van der Waals surface area contributed by atoms with Gasteiger partial charge in [-0.15, -0.1) is 0 Å². The van der Waals surface area contributed by atoms with Crippen molar-refractivity contribution in [2.24, 2.45) is 0 Å². The van der Waals surface area contributed by atoms with Crippen molar-refractivity contribution in [2.75, 3.05) is 25.5 Å². The third-order valence-corrected chi connectivity index (χ3v) is 8.46. The smallest absolute Gasteiger partial charge is 0.243 e. The minimum atomic E-state index is -4.02. The molecule has 0 saturated carbocycles. The van der Waals surface area contributed by atoms with Crippen LogP contribution in [0, 0.1) is 0 Å². The van der Waals surface area contributed by atoms with Crippen LogP contribution < -0.4 is 10.1 Å². The van der Waals surface area contributed by atoms with E-state index in [1.165, 1.54) is 29.6 Å². The summed E-state index contributed by atoms with van der Waals surface area (Å²) in [5.41, 5.74) is 3.67. The molecule has 1 N–H and O–H groups in total. The lowest BCUT2D eigenvalue weighted by atomic mass is 10.0. The molecule has 3 rings (SSSR count). The Morgan fingerprint density at radius 1 is 1.03 bits per heavy atom. The highest BCUT2D eigenvalue weighted by Crippen LogP contribution is 2.30. The first kappa shape index (κ1) is 28.2. The quantitative estimate of drug-likeness (QED) is 0.291. The molecule has 1 amide bonds. The van der Waals surface area contributed by atoms with Gasteiger partial charge in [0.2, 0.25) is 15.9 Å². The Kier molecular flexibility index (Phi) is 9.96. The average Bonchev–Trinajstić information content (AvgIpc) is 2.87. The van der Waals surface area contributed by atoms with Gasteiger partial charge in [0.15, 0.2) is 0 Å². The molecule has 0 aliphatic carbocycles. The largest absolute Gasteiger partial charge is 0.495 e. The number of methoxy groups -OCH3 is 1. The molecule has 0 unspecified atom stereocenters. The number of amides is 1. The van der Waals surface area contributed by atoms with Crippen molar-refractivity contribution in [1.82, 2.24) is 4.31 Å². The zero-order chi connectivity index (χ0) is 26.3. The number of nitrogens with one attached hydrogen (secondary N) is 1. The van der Waals surface area contributed by atoms with E-state index in [-0.39, 0.29) is 23.0 Å². The molecule has 192 valence electrons. The molecule has 6 nitrogen and oxygen atoms in total.